The molecule has 140 valence electrons. The second kappa shape index (κ2) is 7.79. The molecule has 0 fully saturated rings. The van der Waals surface area contributed by atoms with Crippen molar-refractivity contribution in [2.45, 2.75) is 25.8 Å². The van der Waals surface area contributed by atoms with Crippen molar-refractivity contribution in [2.75, 3.05) is 5.32 Å². The number of nitro groups is 1. The molecule has 3 aromatic rings. The van der Waals surface area contributed by atoms with E-state index in [0.29, 0.717) is 11.3 Å². The first kappa shape index (κ1) is 18.9. The van der Waals surface area contributed by atoms with Crippen LogP contribution in [0.25, 0.3) is 10.9 Å². The second-order valence-corrected chi connectivity index (χ2v) is 7.29. The quantitative estimate of drug-likeness (QED) is 0.386. The van der Waals surface area contributed by atoms with Crippen LogP contribution in [0.1, 0.15) is 16.7 Å². The maximum atomic E-state index is 11.7. The summed E-state index contributed by atoms with van der Waals surface area (Å²) in [7, 11) is 0. The molecule has 1 aromatic heterocycles. The fourth-order valence-electron chi connectivity index (χ4n) is 3.21. The standard InChI is InChI=1S/C19H18BrN3O4/c1-11-12(3-2-4-17(11)22-19(24)25)7-15(23(26)27)8-13-10-21-18-9-14(20)5-6-16(13)18/h2-6,9-10,15,21-22H,7-8H2,1H3,(H,24,25). The molecule has 1 unspecified atom stereocenters. The summed E-state index contributed by atoms with van der Waals surface area (Å²) < 4.78 is 0.938. The van der Waals surface area contributed by atoms with E-state index in [-0.39, 0.29) is 17.8 Å². The third kappa shape index (κ3) is 4.28. The summed E-state index contributed by atoms with van der Waals surface area (Å²) in [6.45, 7) is 1.76. The highest BCUT2D eigenvalue weighted by Crippen LogP contribution is 2.26. The lowest BCUT2D eigenvalue weighted by molar-refractivity contribution is -0.521. The number of H-pyrrole nitrogens is 1. The van der Waals surface area contributed by atoms with E-state index in [9.17, 15) is 14.9 Å². The summed E-state index contributed by atoms with van der Waals surface area (Å²) in [5.41, 5.74) is 3.71. The molecule has 8 heteroatoms. The zero-order chi connectivity index (χ0) is 19.6. The van der Waals surface area contributed by atoms with Crippen molar-refractivity contribution in [1.82, 2.24) is 4.98 Å². The molecule has 0 bridgehead atoms. The maximum Gasteiger partial charge on any atom is 0.409 e. The van der Waals surface area contributed by atoms with Crippen molar-refractivity contribution < 1.29 is 14.8 Å². The van der Waals surface area contributed by atoms with E-state index in [1.54, 1.807) is 25.1 Å². The molecule has 2 aromatic carbocycles. The second-order valence-electron chi connectivity index (χ2n) is 6.37. The van der Waals surface area contributed by atoms with Gasteiger partial charge in [-0.05, 0) is 41.8 Å². The minimum absolute atomic E-state index is 0.219. The molecule has 0 aliphatic carbocycles. The first-order valence-electron chi connectivity index (χ1n) is 8.32. The molecule has 3 rings (SSSR count). The number of hydrogen-bond donors (Lipinski definition) is 3. The number of halogens is 1. The highest BCUT2D eigenvalue weighted by Gasteiger charge is 2.24. The first-order chi connectivity index (χ1) is 12.8. The van der Waals surface area contributed by atoms with Crippen molar-refractivity contribution in [3.63, 3.8) is 0 Å². The molecular weight excluding hydrogens is 414 g/mol. The number of hydrogen-bond acceptors (Lipinski definition) is 3. The molecule has 7 nitrogen and oxygen atoms in total. The van der Waals surface area contributed by atoms with Crippen LogP contribution < -0.4 is 5.32 Å². The fraction of sp³-hybridized carbons (Fsp3) is 0.211. The van der Waals surface area contributed by atoms with Gasteiger partial charge in [0.1, 0.15) is 0 Å². The minimum Gasteiger partial charge on any atom is -0.465 e. The maximum absolute atomic E-state index is 11.7. The van der Waals surface area contributed by atoms with Crippen LogP contribution in [0.3, 0.4) is 0 Å². The number of aromatic amines is 1. The smallest absolute Gasteiger partial charge is 0.409 e. The Hall–Kier alpha value is -2.87. The minimum atomic E-state index is -1.16. The van der Waals surface area contributed by atoms with Gasteiger partial charge in [0.25, 0.3) is 0 Å². The molecule has 0 saturated carbocycles. The van der Waals surface area contributed by atoms with Crippen LogP contribution in [0.15, 0.2) is 47.1 Å². The van der Waals surface area contributed by atoms with Gasteiger partial charge in [0.15, 0.2) is 0 Å². The van der Waals surface area contributed by atoms with E-state index in [0.717, 1.165) is 26.5 Å². The van der Waals surface area contributed by atoms with Crippen LogP contribution >= 0.6 is 15.9 Å². The molecule has 27 heavy (non-hydrogen) atoms. The van der Waals surface area contributed by atoms with Crippen molar-refractivity contribution in [3.8, 4) is 0 Å². The lowest BCUT2D eigenvalue weighted by Gasteiger charge is -2.14. The Morgan fingerprint density at radius 2 is 2.04 bits per heavy atom. The largest absolute Gasteiger partial charge is 0.465 e. The zero-order valence-electron chi connectivity index (χ0n) is 14.5. The summed E-state index contributed by atoms with van der Waals surface area (Å²) >= 11 is 3.42. The monoisotopic (exact) mass is 431 g/mol. The number of amides is 1. The average Bonchev–Trinajstić information content (AvgIpc) is 2.99. The van der Waals surface area contributed by atoms with E-state index >= 15 is 0 Å². The SMILES string of the molecule is Cc1c(CC(Cc2c[nH]c3cc(Br)ccc23)[N+](=O)[O-])cccc1NC(=O)O. The first-order valence-corrected chi connectivity index (χ1v) is 9.12. The number of anilines is 1. The Morgan fingerprint density at radius 3 is 2.74 bits per heavy atom. The number of aromatic nitrogens is 1. The van der Waals surface area contributed by atoms with Gasteiger partial charge in [0, 0.05) is 45.0 Å². The van der Waals surface area contributed by atoms with Crippen LogP contribution in [0, 0.1) is 17.0 Å². The summed E-state index contributed by atoms with van der Waals surface area (Å²) in [5.74, 6) is 0. The van der Waals surface area contributed by atoms with Crippen LogP contribution in [-0.2, 0) is 12.8 Å². The number of carbonyl (C=O) groups is 1. The topological polar surface area (TPSA) is 108 Å². The number of rotatable bonds is 6. The molecule has 0 aliphatic rings. The van der Waals surface area contributed by atoms with Crippen LogP contribution in [0.2, 0.25) is 0 Å². The van der Waals surface area contributed by atoms with Gasteiger partial charge in [-0.15, -0.1) is 0 Å². The predicted octanol–water partition coefficient (Wildman–Crippen LogP) is 4.76. The molecule has 0 saturated heterocycles. The molecule has 0 radical (unpaired) electrons. The van der Waals surface area contributed by atoms with E-state index in [1.807, 2.05) is 24.4 Å². The van der Waals surface area contributed by atoms with Crippen molar-refractivity contribution in [3.05, 3.63) is 73.9 Å². The third-order valence-corrected chi connectivity index (χ3v) is 5.12. The molecule has 0 spiro atoms. The van der Waals surface area contributed by atoms with Gasteiger partial charge in [-0.3, -0.25) is 15.4 Å². The van der Waals surface area contributed by atoms with Gasteiger partial charge in [-0.2, -0.15) is 0 Å². The van der Waals surface area contributed by atoms with E-state index < -0.39 is 12.1 Å². The van der Waals surface area contributed by atoms with E-state index in [1.165, 1.54) is 0 Å². The fourth-order valence-corrected chi connectivity index (χ4v) is 3.57. The Bertz CT molecular complexity index is 1020. The molecule has 1 atom stereocenters. The van der Waals surface area contributed by atoms with Gasteiger partial charge in [-0.1, -0.05) is 34.1 Å². The van der Waals surface area contributed by atoms with Gasteiger partial charge in [0.05, 0.1) is 0 Å². The number of benzene rings is 2. The van der Waals surface area contributed by atoms with Gasteiger partial charge in [0.2, 0.25) is 6.04 Å². The van der Waals surface area contributed by atoms with Gasteiger partial charge < -0.3 is 10.1 Å². The van der Waals surface area contributed by atoms with Gasteiger partial charge in [-0.25, -0.2) is 4.79 Å². The number of carboxylic acid groups (broad SMARTS) is 1. The van der Waals surface area contributed by atoms with Crippen LogP contribution in [0.5, 0.6) is 0 Å². The molecule has 1 heterocycles. The van der Waals surface area contributed by atoms with Crippen LogP contribution in [0.4, 0.5) is 10.5 Å². The lowest BCUT2D eigenvalue weighted by atomic mass is 9.95. The van der Waals surface area contributed by atoms with Crippen molar-refractivity contribution in [2.24, 2.45) is 0 Å². The lowest BCUT2D eigenvalue weighted by Crippen LogP contribution is -2.25. The van der Waals surface area contributed by atoms with Crippen molar-refractivity contribution in [1.29, 1.82) is 0 Å². The molecule has 1 amide bonds. The van der Waals surface area contributed by atoms with E-state index in [4.69, 9.17) is 5.11 Å². The Kier molecular flexibility index (Phi) is 5.46. The Labute approximate surface area is 163 Å². The highest BCUT2D eigenvalue weighted by atomic mass is 79.9. The highest BCUT2D eigenvalue weighted by molar-refractivity contribution is 9.10. The predicted molar refractivity (Wildman–Crippen MR) is 107 cm³/mol. The normalized spacial score (nSPS) is 12.1. The summed E-state index contributed by atoms with van der Waals surface area (Å²) in [6.07, 6.45) is 1.15. The summed E-state index contributed by atoms with van der Waals surface area (Å²) in [6, 6.07) is 10.1. The number of fused-ring (bicyclic) bond motifs is 1. The molecule has 0 aliphatic heterocycles. The molecule has 3 N–H and O–H groups in total. The van der Waals surface area contributed by atoms with Crippen molar-refractivity contribution >= 4 is 38.6 Å². The summed E-state index contributed by atoms with van der Waals surface area (Å²) in [5, 5.41) is 23.9. The van der Waals surface area contributed by atoms with E-state index in [2.05, 4.69) is 26.2 Å². The van der Waals surface area contributed by atoms with Crippen LogP contribution in [-0.4, -0.2) is 27.1 Å². The number of nitrogens with one attached hydrogen (secondary N) is 2. The zero-order valence-corrected chi connectivity index (χ0v) is 16.1. The van der Waals surface area contributed by atoms with Gasteiger partial charge >= 0.3 is 6.09 Å². The molecular formula is C19H18BrN3O4. The average molecular weight is 432 g/mol. The summed E-state index contributed by atoms with van der Waals surface area (Å²) in [4.78, 5) is 25.5. The Morgan fingerprint density at radius 1 is 1.30 bits per heavy atom. The number of nitrogens with zero attached hydrogens (tertiary/aromatic N) is 1. The Balaban J connectivity index is 1.86. The third-order valence-electron chi connectivity index (χ3n) is 4.63.